The zero-order valence-electron chi connectivity index (χ0n) is 9.52. The van der Waals surface area contributed by atoms with Gasteiger partial charge in [-0.2, -0.15) is 0 Å². The van der Waals surface area contributed by atoms with Crippen LogP contribution < -0.4 is 5.32 Å². The highest BCUT2D eigenvalue weighted by Crippen LogP contribution is 2.26. The van der Waals surface area contributed by atoms with E-state index in [1.165, 1.54) is 0 Å². The summed E-state index contributed by atoms with van der Waals surface area (Å²) in [6.07, 6.45) is -1.50. The van der Waals surface area contributed by atoms with E-state index in [0.717, 1.165) is 6.42 Å². The summed E-state index contributed by atoms with van der Waals surface area (Å²) in [7, 11) is 0. The lowest BCUT2D eigenvalue weighted by molar-refractivity contribution is 0.0983. The van der Waals surface area contributed by atoms with Crippen LogP contribution in [-0.4, -0.2) is 19.0 Å². The molecule has 0 aliphatic heterocycles. The zero-order valence-corrected chi connectivity index (χ0v) is 11.0. The van der Waals surface area contributed by atoms with Gasteiger partial charge in [-0.1, -0.05) is 36.2 Å². The van der Waals surface area contributed by atoms with Crippen LogP contribution in [0.5, 0.6) is 0 Å². The minimum absolute atomic E-state index is 0.135. The molecule has 1 nitrogen and oxygen atoms in total. The minimum atomic E-state index is -2.44. The molecule has 0 aliphatic rings. The van der Waals surface area contributed by atoms with Crippen molar-refractivity contribution in [2.45, 2.75) is 32.2 Å². The van der Waals surface area contributed by atoms with Gasteiger partial charge in [-0.25, -0.2) is 8.78 Å². The molecule has 0 aromatic heterocycles. The molecule has 0 radical (unpaired) electrons. The fraction of sp³-hybridized carbons (Fsp3) is 0.500. The van der Waals surface area contributed by atoms with Crippen LogP contribution in [0.1, 0.15) is 18.9 Å². The number of benzene rings is 1. The van der Waals surface area contributed by atoms with E-state index in [9.17, 15) is 8.78 Å². The molecule has 0 amide bonds. The van der Waals surface area contributed by atoms with Crippen LogP contribution in [0.2, 0.25) is 10.0 Å². The van der Waals surface area contributed by atoms with Crippen molar-refractivity contribution in [3.8, 4) is 0 Å². The zero-order chi connectivity index (χ0) is 12.8. The molecule has 5 heteroatoms. The van der Waals surface area contributed by atoms with Crippen molar-refractivity contribution in [3.63, 3.8) is 0 Å². The van der Waals surface area contributed by atoms with Crippen molar-refractivity contribution in [2.75, 3.05) is 6.54 Å². The van der Waals surface area contributed by atoms with E-state index in [1.807, 2.05) is 6.92 Å². The third kappa shape index (κ3) is 4.41. The second-order valence-electron chi connectivity index (χ2n) is 3.80. The van der Waals surface area contributed by atoms with E-state index in [-0.39, 0.29) is 6.42 Å². The smallest absolute Gasteiger partial charge is 0.254 e. The number of hydrogen-bond acceptors (Lipinski definition) is 1. The molecular formula is C12H15Cl2F2N. The second kappa shape index (κ2) is 7.14. The number of alkyl halides is 2. The molecule has 0 spiro atoms. The normalized spacial score (nSPS) is 13.1. The molecule has 1 unspecified atom stereocenters. The highest BCUT2D eigenvalue weighted by Gasteiger charge is 2.22. The Hall–Kier alpha value is -0.380. The average Bonchev–Trinajstić information content (AvgIpc) is 2.27. The number of halogens is 4. The van der Waals surface area contributed by atoms with Gasteiger partial charge in [0.1, 0.15) is 0 Å². The molecule has 0 saturated heterocycles. The Labute approximate surface area is 110 Å². The highest BCUT2D eigenvalue weighted by atomic mass is 35.5. The third-order valence-corrected chi connectivity index (χ3v) is 3.15. The Morgan fingerprint density at radius 2 is 1.82 bits per heavy atom. The van der Waals surface area contributed by atoms with Crippen molar-refractivity contribution >= 4 is 23.2 Å². The lowest BCUT2D eigenvalue weighted by Gasteiger charge is -2.18. The van der Waals surface area contributed by atoms with E-state index in [0.29, 0.717) is 22.2 Å². The van der Waals surface area contributed by atoms with E-state index in [4.69, 9.17) is 23.2 Å². The van der Waals surface area contributed by atoms with Gasteiger partial charge in [-0.3, -0.25) is 0 Å². The predicted octanol–water partition coefficient (Wildman–Crippen LogP) is 4.17. The van der Waals surface area contributed by atoms with Crippen LogP contribution >= 0.6 is 23.2 Å². The van der Waals surface area contributed by atoms with E-state index < -0.39 is 12.5 Å². The van der Waals surface area contributed by atoms with Gasteiger partial charge >= 0.3 is 0 Å². The van der Waals surface area contributed by atoms with E-state index in [2.05, 4.69) is 5.32 Å². The molecule has 1 aromatic rings. The standard InChI is InChI=1S/C12H15Cl2F2N/c1-2-6-17-11(12(15)16)7-8-9(13)4-3-5-10(8)14/h3-5,11-12,17H,2,6-7H2,1H3. The third-order valence-electron chi connectivity index (χ3n) is 2.45. The van der Waals surface area contributed by atoms with Gasteiger partial charge in [0.25, 0.3) is 6.43 Å². The number of rotatable bonds is 6. The summed E-state index contributed by atoms with van der Waals surface area (Å²) in [6, 6.07) is 4.11. The molecule has 96 valence electrons. The lowest BCUT2D eigenvalue weighted by Crippen LogP contribution is -2.38. The maximum absolute atomic E-state index is 12.8. The summed E-state index contributed by atoms with van der Waals surface area (Å²) >= 11 is 11.9. The first-order chi connectivity index (χ1) is 8.06. The fourth-order valence-corrected chi connectivity index (χ4v) is 2.08. The van der Waals surface area contributed by atoms with Crippen LogP contribution in [0.4, 0.5) is 8.78 Å². The van der Waals surface area contributed by atoms with Gasteiger partial charge in [0.05, 0.1) is 6.04 Å². The van der Waals surface area contributed by atoms with Crippen molar-refractivity contribution in [1.29, 1.82) is 0 Å². The predicted molar refractivity (Wildman–Crippen MR) is 68.3 cm³/mol. The molecule has 1 atom stereocenters. The van der Waals surface area contributed by atoms with Gasteiger partial charge in [0.2, 0.25) is 0 Å². The molecule has 1 N–H and O–H groups in total. The molecular weight excluding hydrogens is 267 g/mol. The van der Waals surface area contributed by atoms with Crippen molar-refractivity contribution in [1.82, 2.24) is 5.32 Å². The quantitative estimate of drug-likeness (QED) is 0.825. The van der Waals surface area contributed by atoms with Crippen LogP contribution in [-0.2, 0) is 6.42 Å². The average molecular weight is 282 g/mol. The molecule has 0 heterocycles. The monoisotopic (exact) mass is 281 g/mol. The van der Waals surface area contributed by atoms with Gasteiger partial charge in [0.15, 0.2) is 0 Å². The molecule has 1 aromatic carbocycles. The topological polar surface area (TPSA) is 12.0 Å². The Balaban J connectivity index is 2.78. The first-order valence-corrected chi connectivity index (χ1v) is 6.26. The first kappa shape index (κ1) is 14.7. The maximum atomic E-state index is 12.8. The summed E-state index contributed by atoms with van der Waals surface area (Å²) in [6.45, 7) is 2.48. The molecule has 17 heavy (non-hydrogen) atoms. The van der Waals surface area contributed by atoms with Crippen molar-refractivity contribution < 1.29 is 8.78 Å². The van der Waals surface area contributed by atoms with E-state index >= 15 is 0 Å². The summed E-state index contributed by atoms with van der Waals surface area (Å²) in [5, 5.41) is 3.67. The summed E-state index contributed by atoms with van der Waals surface area (Å²) in [4.78, 5) is 0. The lowest BCUT2D eigenvalue weighted by atomic mass is 10.1. The SMILES string of the molecule is CCCNC(Cc1c(Cl)cccc1Cl)C(F)F. The van der Waals surface area contributed by atoms with Crippen molar-refractivity contribution in [2.24, 2.45) is 0 Å². The summed E-state index contributed by atoms with van der Waals surface area (Å²) in [5.41, 5.74) is 0.574. The first-order valence-electron chi connectivity index (χ1n) is 5.50. The van der Waals surface area contributed by atoms with Crippen LogP contribution in [0.25, 0.3) is 0 Å². The molecule has 0 saturated carbocycles. The fourth-order valence-electron chi connectivity index (χ4n) is 1.53. The Morgan fingerprint density at radius 1 is 1.24 bits per heavy atom. The molecule has 0 fully saturated rings. The van der Waals surface area contributed by atoms with Gasteiger partial charge in [-0.15, -0.1) is 0 Å². The number of nitrogens with one attached hydrogen (secondary N) is 1. The van der Waals surface area contributed by atoms with Crippen LogP contribution in [0.15, 0.2) is 18.2 Å². The highest BCUT2D eigenvalue weighted by molar-refractivity contribution is 6.35. The Kier molecular flexibility index (Phi) is 6.17. The van der Waals surface area contributed by atoms with Gasteiger partial charge in [-0.05, 0) is 37.1 Å². The van der Waals surface area contributed by atoms with Gasteiger partial charge < -0.3 is 5.32 Å². The summed E-state index contributed by atoms with van der Waals surface area (Å²) < 4.78 is 25.6. The second-order valence-corrected chi connectivity index (χ2v) is 4.61. The largest absolute Gasteiger partial charge is 0.309 e. The molecule has 1 rings (SSSR count). The molecule has 0 aliphatic carbocycles. The van der Waals surface area contributed by atoms with Crippen LogP contribution in [0, 0.1) is 0 Å². The van der Waals surface area contributed by atoms with Gasteiger partial charge in [0, 0.05) is 10.0 Å². The Morgan fingerprint density at radius 3 is 2.29 bits per heavy atom. The maximum Gasteiger partial charge on any atom is 0.254 e. The number of hydrogen-bond donors (Lipinski definition) is 1. The van der Waals surface area contributed by atoms with Crippen molar-refractivity contribution in [3.05, 3.63) is 33.8 Å². The molecule has 0 bridgehead atoms. The Bertz CT molecular complexity index is 338. The minimum Gasteiger partial charge on any atom is -0.309 e. The van der Waals surface area contributed by atoms with E-state index in [1.54, 1.807) is 18.2 Å². The summed E-state index contributed by atoms with van der Waals surface area (Å²) in [5.74, 6) is 0. The van der Waals surface area contributed by atoms with Crippen LogP contribution in [0.3, 0.4) is 0 Å².